The van der Waals surface area contributed by atoms with Gasteiger partial charge in [-0.2, -0.15) is 0 Å². The van der Waals surface area contributed by atoms with Crippen LogP contribution in [0.1, 0.15) is 316 Å². The highest BCUT2D eigenvalue weighted by Crippen LogP contribution is 2.17. The molecule has 0 saturated heterocycles. The van der Waals surface area contributed by atoms with E-state index in [9.17, 15) is 14.4 Å². The molecule has 0 aliphatic heterocycles. The van der Waals surface area contributed by atoms with Gasteiger partial charge in [-0.15, -0.1) is 0 Å². The molecule has 0 bridgehead atoms. The summed E-state index contributed by atoms with van der Waals surface area (Å²) >= 11 is 0. The van der Waals surface area contributed by atoms with Crippen molar-refractivity contribution in [3.8, 4) is 0 Å². The van der Waals surface area contributed by atoms with E-state index in [4.69, 9.17) is 14.2 Å². The fourth-order valence-corrected chi connectivity index (χ4v) is 8.54. The number of rotatable bonds is 53. The number of hydrogen-bond acceptors (Lipinski definition) is 6. The normalized spacial score (nSPS) is 12.1. The fourth-order valence-electron chi connectivity index (χ4n) is 8.54. The molecule has 0 N–H and O–H groups in total. The summed E-state index contributed by atoms with van der Waals surface area (Å²) in [6.07, 6.45) is 63.1. The van der Waals surface area contributed by atoms with E-state index in [1.54, 1.807) is 0 Å². The van der Waals surface area contributed by atoms with Crippen molar-refractivity contribution in [3.63, 3.8) is 0 Å². The molecule has 6 nitrogen and oxygen atoms in total. The van der Waals surface area contributed by atoms with Gasteiger partial charge in [0.25, 0.3) is 0 Å². The molecule has 0 aliphatic carbocycles. The van der Waals surface area contributed by atoms with Crippen LogP contribution in [0.25, 0.3) is 0 Å². The molecular formula is C59H110O6. The standard InChI is InChI=1S/C59H110O6/c1-4-7-10-13-16-19-22-24-26-28-29-31-32-34-37-40-43-46-49-52-58(61)64-55-56(54-63-57(60)51-48-45-42-39-36-21-18-15-12-9-6-3)65-59(62)53-50-47-44-41-38-35-33-30-27-25-23-20-17-14-11-8-5-2/h15,18,24,26,56H,4-14,16-17,19-23,25,27-55H2,1-3H3/b18-15-,26-24-/t56-/m0/s1. The Bertz CT molecular complexity index is 1050. The number of hydrogen-bond donors (Lipinski definition) is 0. The average Bonchev–Trinajstić information content (AvgIpc) is 3.30. The van der Waals surface area contributed by atoms with E-state index in [1.165, 1.54) is 212 Å². The first-order valence-corrected chi connectivity index (χ1v) is 28.8. The number of carbonyl (C=O) groups excluding carboxylic acids is 3. The highest BCUT2D eigenvalue weighted by atomic mass is 16.6. The monoisotopic (exact) mass is 915 g/mol. The summed E-state index contributed by atoms with van der Waals surface area (Å²) in [6.45, 7) is 6.64. The molecular weight excluding hydrogens is 805 g/mol. The average molecular weight is 916 g/mol. The lowest BCUT2D eigenvalue weighted by molar-refractivity contribution is -0.167. The van der Waals surface area contributed by atoms with Gasteiger partial charge in [-0.3, -0.25) is 14.4 Å². The van der Waals surface area contributed by atoms with Crippen molar-refractivity contribution in [1.82, 2.24) is 0 Å². The molecule has 0 rings (SSSR count). The Morgan fingerprint density at radius 2 is 0.523 bits per heavy atom. The SMILES string of the molecule is CCCC/C=C\CCCCCCCC(=O)OC[C@@H](COC(=O)CCCCCCCCCCC/C=C\CCCCCCCC)OC(=O)CCCCCCCCCCCCCCCCCCC. The van der Waals surface area contributed by atoms with Gasteiger partial charge in [-0.05, 0) is 64.2 Å². The maximum Gasteiger partial charge on any atom is 0.306 e. The molecule has 0 aromatic rings. The summed E-state index contributed by atoms with van der Waals surface area (Å²) in [5.41, 5.74) is 0. The fraction of sp³-hybridized carbons (Fsp3) is 0.881. The van der Waals surface area contributed by atoms with Crippen LogP contribution in [-0.4, -0.2) is 37.2 Å². The molecule has 382 valence electrons. The lowest BCUT2D eigenvalue weighted by Gasteiger charge is -2.18. The molecule has 0 saturated carbocycles. The zero-order valence-electron chi connectivity index (χ0n) is 43.8. The second-order valence-electron chi connectivity index (χ2n) is 19.6. The lowest BCUT2D eigenvalue weighted by Crippen LogP contribution is -2.30. The van der Waals surface area contributed by atoms with Crippen molar-refractivity contribution < 1.29 is 28.6 Å². The lowest BCUT2D eigenvalue weighted by atomic mass is 10.0. The van der Waals surface area contributed by atoms with Crippen molar-refractivity contribution in [2.45, 2.75) is 322 Å². The Morgan fingerprint density at radius 3 is 0.815 bits per heavy atom. The third-order valence-corrected chi connectivity index (χ3v) is 12.9. The summed E-state index contributed by atoms with van der Waals surface area (Å²) in [5, 5.41) is 0. The zero-order valence-corrected chi connectivity index (χ0v) is 43.8. The molecule has 0 aromatic carbocycles. The molecule has 1 atom stereocenters. The number of ether oxygens (including phenoxy) is 3. The molecule has 0 aliphatic rings. The maximum absolute atomic E-state index is 12.8. The van der Waals surface area contributed by atoms with Gasteiger partial charge in [-0.1, -0.05) is 257 Å². The van der Waals surface area contributed by atoms with E-state index < -0.39 is 6.10 Å². The second-order valence-corrected chi connectivity index (χ2v) is 19.6. The molecule has 0 aromatic heterocycles. The number of unbranched alkanes of at least 4 members (excludes halogenated alkanes) is 38. The Balaban J connectivity index is 4.28. The highest BCUT2D eigenvalue weighted by molar-refractivity contribution is 5.71. The van der Waals surface area contributed by atoms with Gasteiger partial charge in [0.2, 0.25) is 0 Å². The van der Waals surface area contributed by atoms with Crippen LogP contribution in [0.15, 0.2) is 24.3 Å². The quantitative estimate of drug-likeness (QED) is 0.0262. The first-order valence-electron chi connectivity index (χ1n) is 28.8. The van der Waals surface area contributed by atoms with Crippen molar-refractivity contribution >= 4 is 17.9 Å². The summed E-state index contributed by atoms with van der Waals surface area (Å²) in [7, 11) is 0. The molecule has 0 spiro atoms. The first-order chi connectivity index (χ1) is 32.0. The van der Waals surface area contributed by atoms with Crippen LogP contribution in [0.4, 0.5) is 0 Å². The van der Waals surface area contributed by atoms with Crippen LogP contribution in [0.2, 0.25) is 0 Å². The van der Waals surface area contributed by atoms with Gasteiger partial charge in [0.1, 0.15) is 13.2 Å². The number of esters is 3. The van der Waals surface area contributed by atoms with Crippen molar-refractivity contribution in [1.29, 1.82) is 0 Å². The minimum Gasteiger partial charge on any atom is -0.462 e. The Morgan fingerprint density at radius 1 is 0.292 bits per heavy atom. The Labute approximate surface area is 404 Å². The predicted octanol–water partition coefficient (Wildman–Crippen LogP) is 19.1. The Hall–Kier alpha value is -2.11. The van der Waals surface area contributed by atoms with Crippen molar-refractivity contribution in [3.05, 3.63) is 24.3 Å². The third-order valence-electron chi connectivity index (χ3n) is 12.9. The minimum atomic E-state index is -0.771. The van der Waals surface area contributed by atoms with Crippen LogP contribution < -0.4 is 0 Å². The van der Waals surface area contributed by atoms with Gasteiger partial charge in [0.05, 0.1) is 0 Å². The van der Waals surface area contributed by atoms with Gasteiger partial charge in [-0.25, -0.2) is 0 Å². The van der Waals surface area contributed by atoms with Crippen LogP contribution in [-0.2, 0) is 28.6 Å². The van der Waals surface area contributed by atoms with Gasteiger partial charge < -0.3 is 14.2 Å². The number of allylic oxidation sites excluding steroid dienone is 4. The van der Waals surface area contributed by atoms with Crippen molar-refractivity contribution in [2.24, 2.45) is 0 Å². The molecule has 0 fully saturated rings. The molecule has 0 radical (unpaired) electrons. The van der Waals surface area contributed by atoms with E-state index in [-0.39, 0.29) is 31.1 Å². The van der Waals surface area contributed by atoms with Crippen molar-refractivity contribution in [2.75, 3.05) is 13.2 Å². The van der Waals surface area contributed by atoms with Crippen LogP contribution in [0, 0.1) is 0 Å². The predicted molar refractivity (Wildman–Crippen MR) is 279 cm³/mol. The minimum absolute atomic E-state index is 0.0707. The highest BCUT2D eigenvalue weighted by Gasteiger charge is 2.19. The summed E-state index contributed by atoms with van der Waals surface area (Å²) in [4.78, 5) is 38.1. The smallest absolute Gasteiger partial charge is 0.306 e. The largest absolute Gasteiger partial charge is 0.462 e. The van der Waals surface area contributed by atoms with Gasteiger partial charge in [0.15, 0.2) is 6.10 Å². The topological polar surface area (TPSA) is 78.9 Å². The molecule has 6 heteroatoms. The van der Waals surface area contributed by atoms with E-state index in [0.717, 1.165) is 64.2 Å². The second kappa shape index (κ2) is 54.5. The van der Waals surface area contributed by atoms with Crippen LogP contribution >= 0.6 is 0 Å². The van der Waals surface area contributed by atoms with Crippen LogP contribution in [0.5, 0.6) is 0 Å². The summed E-state index contributed by atoms with van der Waals surface area (Å²) < 4.78 is 16.9. The third kappa shape index (κ3) is 52.7. The summed E-state index contributed by atoms with van der Waals surface area (Å²) in [6, 6.07) is 0. The molecule has 65 heavy (non-hydrogen) atoms. The van der Waals surface area contributed by atoms with E-state index >= 15 is 0 Å². The van der Waals surface area contributed by atoms with E-state index in [1.807, 2.05) is 0 Å². The summed E-state index contributed by atoms with van der Waals surface area (Å²) in [5.74, 6) is -0.863. The van der Waals surface area contributed by atoms with E-state index in [2.05, 4.69) is 45.1 Å². The maximum atomic E-state index is 12.8. The first kappa shape index (κ1) is 62.9. The number of carbonyl (C=O) groups is 3. The van der Waals surface area contributed by atoms with E-state index in [0.29, 0.717) is 19.3 Å². The molecule has 0 unspecified atom stereocenters. The van der Waals surface area contributed by atoms with Gasteiger partial charge in [0, 0.05) is 19.3 Å². The molecule has 0 amide bonds. The van der Waals surface area contributed by atoms with Gasteiger partial charge >= 0.3 is 17.9 Å². The Kier molecular flexibility index (Phi) is 52.7. The van der Waals surface area contributed by atoms with Crippen LogP contribution in [0.3, 0.4) is 0 Å². The zero-order chi connectivity index (χ0) is 47.2. The molecule has 0 heterocycles.